The van der Waals surface area contributed by atoms with Crippen LogP contribution in [0.5, 0.6) is 0 Å². The smallest absolute Gasteiger partial charge is 0.0933 e. The third kappa shape index (κ3) is 2.39. The maximum absolute atomic E-state index is 4.25. The molecule has 0 spiro atoms. The Kier molecular flexibility index (Phi) is 4.29. The summed E-state index contributed by atoms with van der Waals surface area (Å²) in [4.78, 5) is 7.70. The molecule has 0 aliphatic carbocycles. The summed E-state index contributed by atoms with van der Waals surface area (Å²) in [7, 11) is 6.93. The van der Waals surface area contributed by atoms with Gasteiger partial charge in [-0.05, 0) is 74.8 Å². The van der Waals surface area contributed by atoms with Crippen molar-refractivity contribution in [1.29, 1.82) is 0 Å². The number of nitrogens with one attached hydrogen (secondary N) is 3. The van der Waals surface area contributed by atoms with E-state index >= 15 is 0 Å². The van der Waals surface area contributed by atoms with Gasteiger partial charge in [-0.2, -0.15) is 0 Å². The first kappa shape index (κ1) is 22.7. The molecule has 6 aliphatic heterocycles. The van der Waals surface area contributed by atoms with E-state index < -0.39 is 0 Å². The lowest BCUT2D eigenvalue weighted by Gasteiger charge is -2.48. The minimum absolute atomic E-state index is 0.00961. The minimum Gasteiger partial charge on any atom is -0.369 e. The van der Waals surface area contributed by atoms with Crippen molar-refractivity contribution in [2.75, 3.05) is 56.7 Å². The van der Waals surface area contributed by atoms with Gasteiger partial charge >= 0.3 is 0 Å². The van der Waals surface area contributed by atoms with E-state index in [0.29, 0.717) is 6.17 Å². The van der Waals surface area contributed by atoms with Crippen LogP contribution in [0.15, 0.2) is 66.7 Å². The van der Waals surface area contributed by atoms with Gasteiger partial charge in [0.25, 0.3) is 0 Å². The zero-order chi connectivity index (χ0) is 26.1. The minimum atomic E-state index is -0.0581. The van der Waals surface area contributed by atoms with Gasteiger partial charge in [-0.1, -0.05) is 54.6 Å². The number of likely N-dealkylation sites (tertiary alicyclic amines) is 3. The van der Waals surface area contributed by atoms with Crippen LogP contribution in [-0.2, 0) is 16.2 Å². The van der Waals surface area contributed by atoms with Gasteiger partial charge in [-0.3, -0.25) is 14.7 Å². The van der Waals surface area contributed by atoms with Crippen LogP contribution in [0.1, 0.15) is 41.5 Å². The van der Waals surface area contributed by atoms with E-state index in [1.807, 2.05) is 0 Å². The van der Waals surface area contributed by atoms with Gasteiger partial charge in [-0.15, -0.1) is 0 Å². The number of para-hydroxylation sites is 3. The number of anilines is 3. The van der Waals surface area contributed by atoms with Crippen LogP contribution in [0, 0.1) is 0 Å². The van der Waals surface area contributed by atoms with Gasteiger partial charge in [0.05, 0.1) is 23.9 Å². The van der Waals surface area contributed by atoms with Crippen molar-refractivity contribution in [2.24, 2.45) is 0 Å². The first-order chi connectivity index (χ1) is 19.0. The van der Waals surface area contributed by atoms with Crippen LogP contribution < -0.4 is 16.0 Å². The summed E-state index contributed by atoms with van der Waals surface area (Å²) in [6.07, 6.45) is 4.32. The highest BCUT2D eigenvalue weighted by atomic mass is 15.4. The predicted molar refractivity (Wildman–Crippen MR) is 157 cm³/mol. The van der Waals surface area contributed by atoms with E-state index in [4.69, 9.17) is 0 Å². The first-order valence-electron chi connectivity index (χ1n) is 14.8. The lowest BCUT2D eigenvalue weighted by atomic mass is 9.54. The average Bonchev–Trinajstić information content (AvgIpc) is 3.76. The van der Waals surface area contributed by atoms with Crippen LogP contribution in [0.2, 0.25) is 0 Å². The van der Waals surface area contributed by atoms with Crippen molar-refractivity contribution in [3.05, 3.63) is 89.0 Å². The highest BCUT2D eigenvalue weighted by Crippen LogP contribution is 2.67. The molecule has 3 aromatic rings. The maximum Gasteiger partial charge on any atom is 0.0933 e. The molecule has 3 saturated heterocycles. The Morgan fingerprint density at radius 3 is 1.82 bits per heavy atom. The molecule has 6 heteroatoms. The number of likely N-dealkylation sites (N-methyl/N-ethyl adjacent to an activating group) is 3. The first-order valence-corrected chi connectivity index (χ1v) is 14.8. The Hall–Kier alpha value is -3.06. The summed E-state index contributed by atoms with van der Waals surface area (Å²) in [5.74, 6) is 0. The molecule has 6 aliphatic rings. The summed E-state index contributed by atoms with van der Waals surface area (Å²) in [6.45, 7) is 3.33. The molecule has 9 rings (SSSR count). The third-order valence-corrected chi connectivity index (χ3v) is 11.8. The molecule has 6 heterocycles. The van der Waals surface area contributed by atoms with E-state index in [9.17, 15) is 0 Å². The van der Waals surface area contributed by atoms with E-state index in [2.05, 4.69) is 119 Å². The average molecular weight is 519 g/mol. The second-order valence-corrected chi connectivity index (χ2v) is 13.1. The molecular formula is C33H38N6. The molecule has 200 valence electrons. The van der Waals surface area contributed by atoms with Crippen molar-refractivity contribution >= 4 is 17.1 Å². The Labute approximate surface area is 231 Å². The van der Waals surface area contributed by atoms with Crippen molar-refractivity contribution in [2.45, 2.75) is 54.0 Å². The molecule has 39 heavy (non-hydrogen) atoms. The van der Waals surface area contributed by atoms with Crippen molar-refractivity contribution in [3.8, 4) is 0 Å². The second-order valence-electron chi connectivity index (χ2n) is 13.1. The molecule has 0 bridgehead atoms. The number of fused-ring (bicyclic) bond motifs is 10. The number of hydrogen-bond donors (Lipinski definition) is 3. The Balaban J connectivity index is 1.31. The summed E-state index contributed by atoms with van der Waals surface area (Å²) < 4.78 is 0. The molecule has 0 amide bonds. The molecule has 3 N–H and O–H groups in total. The number of hydrogen-bond acceptors (Lipinski definition) is 6. The zero-order valence-electron chi connectivity index (χ0n) is 23.2. The SMILES string of the molecule is CN1CC[C@]2([C@@]34CCN(C)[C@@H]3Nc3c([C@]56CCN(C)[C@@H]5Nc5ccccc56)cccc34)c3ccccc3N[C@H]12. The van der Waals surface area contributed by atoms with Gasteiger partial charge in [0.15, 0.2) is 0 Å². The maximum atomic E-state index is 4.25. The molecule has 0 radical (unpaired) electrons. The van der Waals surface area contributed by atoms with Gasteiger partial charge in [0.1, 0.15) is 0 Å². The van der Waals surface area contributed by atoms with Crippen LogP contribution in [0.4, 0.5) is 17.1 Å². The Bertz CT molecular complexity index is 1520. The highest BCUT2D eigenvalue weighted by molar-refractivity contribution is 5.78. The van der Waals surface area contributed by atoms with E-state index in [1.54, 1.807) is 5.56 Å². The van der Waals surface area contributed by atoms with Crippen molar-refractivity contribution in [3.63, 3.8) is 0 Å². The lowest BCUT2D eigenvalue weighted by Crippen LogP contribution is -2.60. The van der Waals surface area contributed by atoms with Gasteiger partial charge in [-0.25, -0.2) is 0 Å². The van der Waals surface area contributed by atoms with Gasteiger partial charge in [0.2, 0.25) is 0 Å². The predicted octanol–water partition coefficient (Wildman–Crippen LogP) is 4.41. The van der Waals surface area contributed by atoms with Gasteiger partial charge < -0.3 is 16.0 Å². The lowest BCUT2D eigenvalue weighted by molar-refractivity contribution is 0.147. The third-order valence-electron chi connectivity index (χ3n) is 11.8. The molecule has 0 unspecified atom stereocenters. The van der Waals surface area contributed by atoms with Crippen LogP contribution in [0.25, 0.3) is 0 Å². The fourth-order valence-electron chi connectivity index (χ4n) is 10.3. The topological polar surface area (TPSA) is 45.8 Å². The Morgan fingerprint density at radius 1 is 0.538 bits per heavy atom. The van der Waals surface area contributed by atoms with Crippen LogP contribution >= 0.6 is 0 Å². The van der Waals surface area contributed by atoms with Crippen LogP contribution in [0.3, 0.4) is 0 Å². The quantitative estimate of drug-likeness (QED) is 0.467. The summed E-state index contributed by atoms with van der Waals surface area (Å²) in [6, 6.07) is 25.5. The largest absolute Gasteiger partial charge is 0.369 e. The standard InChI is InChI=1S/C33H38N6/c1-37-18-15-31(21-9-4-6-13-25(21)34-28(31)37)23-11-8-12-24-27(23)36-30-33(24,17-20-39(30)3)32-16-19-38(2)29(32)35-26-14-7-5-10-22(26)32/h4-14,28-30,34-36H,15-20H2,1-3H3/t28-,29+,30-,31+,32-,33+/m0/s1. The van der Waals surface area contributed by atoms with E-state index in [1.165, 1.54) is 46.6 Å². The second kappa shape index (κ2) is 7.36. The summed E-state index contributed by atoms with van der Waals surface area (Å²) >= 11 is 0. The van der Waals surface area contributed by atoms with Crippen molar-refractivity contribution < 1.29 is 0 Å². The molecule has 0 aromatic heterocycles. The molecular weight excluding hydrogens is 480 g/mol. The molecule has 3 aromatic carbocycles. The Morgan fingerprint density at radius 2 is 1.05 bits per heavy atom. The summed E-state index contributed by atoms with van der Waals surface area (Å²) in [5.41, 5.74) is 9.96. The molecule has 6 atom stereocenters. The normalized spacial score (nSPS) is 37.9. The number of benzene rings is 3. The van der Waals surface area contributed by atoms with Gasteiger partial charge in [0, 0.05) is 47.5 Å². The fraction of sp³-hybridized carbons (Fsp3) is 0.455. The highest BCUT2D eigenvalue weighted by Gasteiger charge is 2.71. The zero-order valence-corrected chi connectivity index (χ0v) is 23.2. The molecule has 3 fully saturated rings. The molecule has 0 saturated carbocycles. The van der Waals surface area contributed by atoms with Crippen molar-refractivity contribution in [1.82, 2.24) is 14.7 Å². The van der Waals surface area contributed by atoms with Crippen LogP contribution in [-0.4, -0.2) is 74.0 Å². The number of rotatable bonds is 2. The van der Waals surface area contributed by atoms with E-state index in [0.717, 1.165) is 26.1 Å². The number of nitrogens with zero attached hydrogens (tertiary/aromatic N) is 3. The monoisotopic (exact) mass is 518 g/mol. The fourth-order valence-corrected chi connectivity index (χ4v) is 10.3. The summed E-state index contributed by atoms with van der Waals surface area (Å²) in [5, 5.41) is 12.2. The van der Waals surface area contributed by atoms with E-state index in [-0.39, 0.29) is 28.6 Å². The molecule has 6 nitrogen and oxygen atoms in total.